The highest BCUT2D eigenvalue weighted by atomic mass is 32.2. The Balaban J connectivity index is 1.51. The van der Waals surface area contributed by atoms with Gasteiger partial charge in [0.1, 0.15) is 0 Å². The van der Waals surface area contributed by atoms with E-state index in [2.05, 4.69) is 4.72 Å². The fourth-order valence-corrected chi connectivity index (χ4v) is 4.31. The molecule has 0 saturated carbocycles. The minimum absolute atomic E-state index is 0.0813. The monoisotopic (exact) mass is 406 g/mol. The fourth-order valence-electron chi connectivity index (χ4n) is 3.26. The zero-order chi connectivity index (χ0) is 20.6. The molecule has 0 bridgehead atoms. The molecule has 0 unspecified atom stereocenters. The summed E-state index contributed by atoms with van der Waals surface area (Å²) in [5, 5.41) is 0. The number of anilines is 1. The van der Waals surface area contributed by atoms with E-state index in [9.17, 15) is 18.0 Å². The van der Waals surface area contributed by atoms with Crippen molar-refractivity contribution in [3.05, 3.63) is 95.1 Å². The average Bonchev–Trinajstić information content (AvgIpc) is 2.93. The summed E-state index contributed by atoms with van der Waals surface area (Å²) in [6, 6.07) is 19.9. The van der Waals surface area contributed by atoms with Gasteiger partial charge in [0.15, 0.2) is 0 Å². The van der Waals surface area contributed by atoms with Crippen molar-refractivity contribution >= 4 is 27.5 Å². The zero-order valence-electron chi connectivity index (χ0n) is 15.6. The lowest BCUT2D eigenvalue weighted by atomic mass is 10.1. The van der Waals surface area contributed by atoms with Gasteiger partial charge >= 0.3 is 0 Å². The second-order valence-corrected chi connectivity index (χ2v) is 8.54. The highest BCUT2D eigenvalue weighted by Gasteiger charge is 2.34. The summed E-state index contributed by atoms with van der Waals surface area (Å²) >= 11 is 0. The molecule has 3 aromatic rings. The quantitative estimate of drug-likeness (QED) is 0.657. The van der Waals surface area contributed by atoms with Gasteiger partial charge in [-0.25, -0.2) is 8.42 Å². The topological polar surface area (TPSA) is 83.6 Å². The van der Waals surface area contributed by atoms with Crippen LogP contribution in [0.5, 0.6) is 0 Å². The molecule has 1 heterocycles. The lowest BCUT2D eigenvalue weighted by Crippen LogP contribution is -2.29. The SMILES string of the molecule is Cc1cccc(NS(=O)(=O)c2ccc(CN3C(=O)c4ccccc4C3=O)cc2)c1. The van der Waals surface area contributed by atoms with E-state index in [1.807, 2.05) is 13.0 Å². The molecule has 1 aliphatic heterocycles. The largest absolute Gasteiger partial charge is 0.280 e. The molecule has 0 atom stereocenters. The first-order valence-electron chi connectivity index (χ1n) is 8.99. The Hall–Kier alpha value is -3.45. The summed E-state index contributed by atoms with van der Waals surface area (Å²) in [4.78, 5) is 26.2. The number of rotatable bonds is 5. The van der Waals surface area contributed by atoms with Crippen molar-refractivity contribution in [3.63, 3.8) is 0 Å². The Morgan fingerprint density at radius 1 is 0.828 bits per heavy atom. The van der Waals surface area contributed by atoms with Crippen LogP contribution in [0.1, 0.15) is 31.8 Å². The van der Waals surface area contributed by atoms with E-state index in [4.69, 9.17) is 0 Å². The number of fused-ring (bicyclic) bond motifs is 1. The van der Waals surface area contributed by atoms with Crippen LogP contribution in [0.2, 0.25) is 0 Å². The van der Waals surface area contributed by atoms with Crippen molar-refractivity contribution in [3.8, 4) is 0 Å². The van der Waals surface area contributed by atoms with Gasteiger partial charge in [-0.1, -0.05) is 36.4 Å². The van der Waals surface area contributed by atoms with Gasteiger partial charge in [0.25, 0.3) is 21.8 Å². The molecule has 7 heteroatoms. The van der Waals surface area contributed by atoms with Crippen molar-refractivity contribution < 1.29 is 18.0 Å². The third kappa shape index (κ3) is 3.64. The number of hydrogen-bond donors (Lipinski definition) is 1. The molecular formula is C22H18N2O4S. The number of benzene rings is 3. The second kappa shape index (κ2) is 7.18. The Labute approximate surface area is 168 Å². The molecule has 3 aromatic carbocycles. The maximum atomic E-state index is 12.6. The van der Waals surface area contributed by atoms with Crippen LogP contribution >= 0.6 is 0 Å². The molecule has 4 rings (SSSR count). The molecule has 0 aliphatic carbocycles. The Morgan fingerprint density at radius 3 is 2.03 bits per heavy atom. The molecule has 0 radical (unpaired) electrons. The van der Waals surface area contributed by atoms with E-state index >= 15 is 0 Å². The number of carbonyl (C=O) groups excluding carboxylic acids is 2. The van der Waals surface area contributed by atoms with Crippen LogP contribution in [0.4, 0.5) is 5.69 Å². The number of carbonyl (C=O) groups is 2. The molecule has 0 fully saturated rings. The first-order valence-corrected chi connectivity index (χ1v) is 10.5. The number of sulfonamides is 1. The molecule has 2 amide bonds. The maximum absolute atomic E-state index is 12.6. The Morgan fingerprint density at radius 2 is 1.45 bits per heavy atom. The summed E-state index contributed by atoms with van der Waals surface area (Å²) in [6.45, 7) is 1.96. The number of amides is 2. The van der Waals surface area contributed by atoms with Gasteiger partial charge in [-0.15, -0.1) is 0 Å². The third-order valence-corrected chi connectivity index (χ3v) is 6.12. The molecule has 29 heavy (non-hydrogen) atoms. The van der Waals surface area contributed by atoms with Crippen LogP contribution in [0.15, 0.2) is 77.7 Å². The van der Waals surface area contributed by atoms with Gasteiger partial charge < -0.3 is 0 Å². The zero-order valence-corrected chi connectivity index (χ0v) is 16.4. The number of aryl methyl sites for hydroxylation is 1. The predicted molar refractivity (Wildman–Crippen MR) is 109 cm³/mol. The van der Waals surface area contributed by atoms with Gasteiger partial charge in [-0.05, 0) is 54.4 Å². The maximum Gasteiger partial charge on any atom is 0.261 e. The molecule has 6 nitrogen and oxygen atoms in total. The molecule has 0 spiro atoms. The van der Waals surface area contributed by atoms with E-state index < -0.39 is 10.0 Å². The predicted octanol–water partition coefficient (Wildman–Crippen LogP) is 3.59. The first kappa shape index (κ1) is 18.9. The average molecular weight is 406 g/mol. The van der Waals surface area contributed by atoms with E-state index in [-0.39, 0.29) is 23.3 Å². The van der Waals surface area contributed by atoms with Gasteiger partial charge in [0.2, 0.25) is 0 Å². The standard InChI is InChI=1S/C22H18N2O4S/c1-15-5-4-6-17(13-15)23-29(27,28)18-11-9-16(10-12-18)14-24-21(25)19-7-2-3-8-20(19)22(24)26/h2-13,23H,14H2,1H3. The summed E-state index contributed by atoms with van der Waals surface area (Å²) in [7, 11) is -3.74. The summed E-state index contributed by atoms with van der Waals surface area (Å²) in [5.41, 5.74) is 2.87. The van der Waals surface area contributed by atoms with Crippen LogP contribution in [0.25, 0.3) is 0 Å². The van der Waals surface area contributed by atoms with Crippen molar-refractivity contribution in [1.29, 1.82) is 0 Å². The van der Waals surface area contributed by atoms with Crippen molar-refractivity contribution in [2.45, 2.75) is 18.4 Å². The molecule has 0 saturated heterocycles. The molecule has 0 aromatic heterocycles. The fraction of sp³-hybridized carbons (Fsp3) is 0.0909. The number of nitrogens with zero attached hydrogens (tertiary/aromatic N) is 1. The lowest BCUT2D eigenvalue weighted by molar-refractivity contribution is 0.0642. The second-order valence-electron chi connectivity index (χ2n) is 6.86. The molecule has 1 N–H and O–H groups in total. The van der Waals surface area contributed by atoms with Crippen LogP contribution in [-0.4, -0.2) is 25.1 Å². The first-order chi connectivity index (χ1) is 13.8. The molecule has 146 valence electrons. The minimum Gasteiger partial charge on any atom is -0.280 e. The van der Waals surface area contributed by atoms with Gasteiger partial charge in [-0.3, -0.25) is 19.2 Å². The van der Waals surface area contributed by atoms with E-state index in [1.54, 1.807) is 54.6 Å². The Bertz CT molecular complexity index is 1180. The molecular weight excluding hydrogens is 388 g/mol. The number of imide groups is 1. The van der Waals surface area contributed by atoms with Crippen LogP contribution in [0, 0.1) is 6.92 Å². The summed E-state index contributed by atoms with van der Waals surface area (Å²) in [5.74, 6) is -0.688. The molecule has 1 aliphatic rings. The number of hydrogen-bond acceptors (Lipinski definition) is 4. The number of nitrogens with one attached hydrogen (secondary N) is 1. The highest BCUT2D eigenvalue weighted by molar-refractivity contribution is 7.92. The minimum atomic E-state index is -3.74. The van der Waals surface area contributed by atoms with Crippen molar-refractivity contribution in [1.82, 2.24) is 4.90 Å². The van der Waals surface area contributed by atoms with Gasteiger partial charge in [0.05, 0.1) is 22.6 Å². The normalized spacial score (nSPS) is 13.5. The van der Waals surface area contributed by atoms with Crippen LogP contribution < -0.4 is 4.72 Å². The van der Waals surface area contributed by atoms with Crippen LogP contribution in [0.3, 0.4) is 0 Å². The third-order valence-electron chi connectivity index (χ3n) is 4.72. The van der Waals surface area contributed by atoms with E-state index in [0.717, 1.165) is 5.56 Å². The van der Waals surface area contributed by atoms with Crippen molar-refractivity contribution in [2.75, 3.05) is 4.72 Å². The Kier molecular flexibility index (Phi) is 4.68. The van der Waals surface area contributed by atoms with Crippen LogP contribution in [-0.2, 0) is 16.6 Å². The highest BCUT2D eigenvalue weighted by Crippen LogP contribution is 2.25. The van der Waals surface area contributed by atoms with E-state index in [1.165, 1.54) is 17.0 Å². The van der Waals surface area contributed by atoms with Crippen molar-refractivity contribution in [2.24, 2.45) is 0 Å². The smallest absolute Gasteiger partial charge is 0.261 e. The van der Waals surface area contributed by atoms with E-state index in [0.29, 0.717) is 22.4 Å². The summed E-state index contributed by atoms with van der Waals surface area (Å²) in [6.07, 6.45) is 0. The lowest BCUT2D eigenvalue weighted by Gasteiger charge is -2.14. The summed E-state index contributed by atoms with van der Waals surface area (Å²) < 4.78 is 27.7. The van der Waals surface area contributed by atoms with Gasteiger partial charge in [-0.2, -0.15) is 0 Å². The van der Waals surface area contributed by atoms with Gasteiger partial charge in [0, 0.05) is 5.69 Å².